The van der Waals surface area contributed by atoms with Gasteiger partial charge in [-0.2, -0.15) is 0 Å². The number of nitrogens with one attached hydrogen (secondary N) is 3. The van der Waals surface area contributed by atoms with Gasteiger partial charge in [0.05, 0.1) is 18.6 Å². The molecule has 64 heavy (non-hydrogen) atoms. The number of hydrogen-bond acceptors (Lipinski definition) is 7. The van der Waals surface area contributed by atoms with Crippen LogP contribution in [0.1, 0.15) is 68.1 Å². The van der Waals surface area contributed by atoms with Crippen molar-refractivity contribution in [3.63, 3.8) is 0 Å². The predicted molar refractivity (Wildman–Crippen MR) is 247 cm³/mol. The standard InChI is InChI=1S/C52H58N6O6/c1-50(2,3)64-48(61)53-31-32-57(35-46(59)54-37-51(4,5)40-23-13-7-14-24-40)47(60)45(56-49(62)63-36-39-21-11-6-12-22-39)33-44-34-58(38-55-44)52(41-25-15-8-16-26-41,42-27-17-9-18-28-42)43-29-19-10-20-30-43/h6-30,34,38,45H,31-33,35-37H2,1-5H3,(H,53,61)(H,54,59)(H,56,62). The molecule has 6 aromatic rings. The van der Waals surface area contributed by atoms with Gasteiger partial charge in [-0.3, -0.25) is 9.59 Å². The summed E-state index contributed by atoms with van der Waals surface area (Å²) in [6.45, 7) is 9.12. The lowest BCUT2D eigenvalue weighted by Gasteiger charge is -2.37. The molecule has 1 unspecified atom stereocenters. The van der Waals surface area contributed by atoms with E-state index >= 15 is 0 Å². The fraction of sp³-hybridized carbons (Fsp3) is 0.288. The molecule has 4 amide bonds. The van der Waals surface area contributed by atoms with Crippen LogP contribution in [0.5, 0.6) is 0 Å². The second-order valence-corrected chi connectivity index (χ2v) is 17.3. The summed E-state index contributed by atoms with van der Waals surface area (Å²) in [7, 11) is 0. The van der Waals surface area contributed by atoms with Crippen molar-refractivity contribution in [1.82, 2.24) is 30.4 Å². The lowest BCUT2D eigenvalue weighted by atomic mass is 9.77. The van der Waals surface area contributed by atoms with Gasteiger partial charge < -0.3 is 34.9 Å². The molecular formula is C52H58N6O6. The molecule has 1 heterocycles. The normalized spacial score (nSPS) is 12.1. The Hall–Kier alpha value is -7.21. The van der Waals surface area contributed by atoms with Gasteiger partial charge >= 0.3 is 12.2 Å². The third-order valence-electron chi connectivity index (χ3n) is 10.8. The number of imidazole rings is 1. The summed E-state index contributed by atoms with van der Waals surface area (Å²) >= 11 is 0. The number of benzene rings is 5. The van der Waals surface area contributed by atoms with Crippen molar-refractivity contribution in [2.75, 3.05) is 26.2 Å². The van der Waals surface area contributed by atoms with Crippen molar-refractivity contribution in [3.8, 4) is 0 Å². The Morgan fingerprint density at radius 2 is 1.16 bits per heavy atom. The van der Waals surface area contributed by atoms with Gasteiger partial charge in [-0.1, -0.05) is 166 Å². The number of carbonyl (C=O) groups excluding carboxylic acids is 4. The molecular weight excluding hydrogens is 805 g/mol. The van der Waals surface area contributed by atoms with Crippen LogP contribution < -0.4 is 16.0 Å². The van der Waals surface area contributed by atoms with E-state index in [9.17, 15) is 19.2 Å². The first kappa shape index (κ1) is 46.3. The highest BCUT2D eigenvalue weighted by Gasteiger charge is 2.39. The van der Waals surface area contributed by atoms with Crippen molar-refractivity contribution in [3.05, 3.63) is 198 Å². The number of rotatable bonds is 18. The largest absolute Gasteiger partial charge is 0.445 e. The summed E-state index contributed by atoms with van der Waals surface area (Å²) in [4.78, 5) is 61.1. The Labute approximate surface area is 376 Å². The lowest BCUT2D eigenvalue weighted by molar-refractivity contribution is -0.137. The quantitative estimate of drug-likeness (QED) is 0.0744. The topological polar surface area (TPSA) is 144 Å². The van der Waals surface area contributed by atoms with Gasteiger partial charge in [0.1, 0.15) is 23.8 Å². The van der Waals surface area contributed by atoms with Crippen LogP contribution in [0.25, 0.3) is 0 Å². The van der Waals surface area contributed by atoms with Crippen LogP contribution in [0.3, 0.4) is 0 Å². The van der Waals surface area contributed by atoms with E-state index in [1.807, 2.05) is 140 Å². The first-order chi connectivity index (χ1) is 30.7. The molecule has 0 aliphatic rings. The molecule has 1 aromatic heterocycles. The Kier molecular flexibility index (Phi) is 15.4. The molecule has 5 aromatic carbocycles. The molecule has 0 saturated carbocycles. The second kappa shape index (κ2) is 21.2. The zero-order chi connectivity index (χ0) is 45.6. The smallest absolute Gasteiger partial charge is 0.408 e. The molecule has 0 aliphatic carbocycles. The minimum absolute atomic E-state index is 0.0287. The summed E-state index contributed by atoms with van der Waals surface area (Å²) in [5, 5.41) is 8.49. The minimum Gasteiger partial charge on any atom is -0.445 e. The average molecular weight is 863 g/mol. The number of carbonyl (C=O) groups is 4. The number of nitrogens with zero attached hydrogens (tertiary/aromatic N) is 3. The molecule has 332 valence electrons. The fourth-order valence-electron chi connectivity index (χ4n) is 7.59. The van der Waals surface area contributed by atoms with E-state index in [1.54, 1.807) is 27.1 Å². The highest BCUT2D eigenvalue weighted by atomic mass is 16.6. The Morgan fingerprint density at radius 1 is 0.656 bits per heavy atom. The lowest BCUT2D eigenvalue weighted by Crippen LogP contribution is -2.54. The van der Waals surface area contributed by atoms with Gasteiger partial charge in [0.2, 0.25) is 11.8 Å². The van der Waals surface area contributed by atoms with E-state index in [-0.39, 0.29) is 32.7 Å². The predicted octanol–water partition coefficient (Wildman–Crippen LogP) is 8.01. The van der Waals surface area contributed by atoms with Crippen LogP contribution in [0, 0.1) is 0 Å². The maximum absolute atomic E-state index is 14.9. The van der Waals surface area contributed by atoms with Crippen molar-refractivity contribution < 1.29 is 28.7 Å². The van der Waals surface area contributed by atoms with Crippen molar-refractivity contribution >= 4 is 24.0 Å². The minimum atomic E-state index is -1.23. The molecule has 1 atom stereocenters. The van der Waals surface area contributed by atoms with E-state index < -0.39 is 46.6 Å². The zero-order valence-corrected chi connectivity index (χ0v) is 37.2. The Balaban J connectivity index is 1.33. The van der Waals surface area contributed by atoms with E-state index in [2.05, 4.69) is 52.3 Å². The molecule has 12 heteroatoms. The molecule has 12 nitrogen and oxygen atoms in total. The van der Waals surface area contributed by atoms with Crippen molar-refractivity contribution in [2.24, 2.45) is 0 Å². The van der Waals surface area contributed by atoms with Crippen LogP contribution in [0.4, 0.5) is 9.59 Å². The molecule has 0 radical (unpaired) electrons. The third-order valence-corrected chi connectivity index (χ3v) is 10.8. The molecule has 0 saturated heterocycles. The van der Waals surface area contributed by atoms with Crippen LogP contribution >= 0.6 is 0 Å². The van der Waals surface area contributed by atoms with Gasteiger partial charge in [-0.05, 0) is 48.6 Å². The monoisotopic (exact) mass is 862 g/mol. The van der Waals surface area contributed by atoms with Crippen LogP contribution in [0.15, 0.2) is 164 Å². The van der Waals surface area contributed by atoms with Crippen LogP contribution in [0.2, 0.25) is 0 Å². The van der Waals surface area contributed by atoms with Gasteiger partial charge in [0.15, 0.2) is 0 Å². The van der Waals surface area contributed by atoms with Crippen molar-refractivity contribution in [2.45, 2.75) is 70.2 Å². The summed E-state index contributed by atoms with van der Waals surface area (Å²) in [5.41, 5.74) is 3.22. The highest BCUT2D eigenvalue weighted by molar-refractivity contribution is 5.90. The van der Waals surface area contributed by atoms with Crippen LogP contribution in [-0.4, -0.2) is 76.3 Å². The summed E-state index contributed by atoms with van der Waals surface area (Å²) in [6.07, 6.45) is 2.07. The first-order valence-corrected chi connectivity index (χ1v) is 21.5. The van der Waals surface area contributed by atoms with E-state index in [1.165, 1.54) is 4.90 Å². The van der Waals surface area contributed by atoms with E-state index in [0.29, 0.717) is 12.2 Å². The number of ether oxygens (including phenoxy) is 2. The molecule has 0 fully saturated rings. The Bertz CT molecular complexity index is 2320. The maximum Gasteiger partial charge on any atom is 0.408 e. The number of hydrogen-bond donors (Lipinski definition) is 3. The second-order valence-electron chi connectivity index (χ2n) is 17.3. The van der Waals surface area contributed by atoms with Crippen molar-refractivity contribution in [1.29, 1.82) is 0 Å². The van der Waals surface area contributed by atoms with Crippen LogP contribution in [-0.2, 0) is 43.0 Å². The third kappa shape index (κ3) is 12.2. The zero-order valence-electron chi connectivity index (χ0n) is 37.2. The number of aromatic nitrogens is 2. The first-order valence-electron chi connectivity index (χ1n) is 21.5. The summed E-state index contributed by atoms with van der Waals surface area (Å²) in [6, 6.07) is 48.2. The van der Waals surface area contributed by atoms with E-state index in [4.69, 9.17) is 14.5 Å². The Morgan fingerprint density at radius 3 is 1.67 bits per heavy atom. The maximum atomic E-state index is 14.9. The molecule has 0 spiro atoms. The highest BCUT2D eigenvalue weighted by Crippen LogP contribution is 2.41. The van der Waals surface area contributed by atoms with E-state index in [0.717, 1.165) is 27.8 Å². The molecule has 3 N–H and O–H groups in total. The molecule has 0 bridgehead atoms. The SMILES string of the molecule is CC(C)(C)OC(=O)NCCN(CC(=O)NCC(C)(C)c1ccccc1)C(=O)C(Cc1cn(C(c2ccccc2)(c2ccccc2)c2ccccc2)cn1)NC(=O)OCc1ccccc1. The van der Waals surface area contributed by atoms with Gasteiger partial charge in [0.25, 0.3) is 0 Å². The summed E-state index contributed by atoms with van der Waals surface area (Å²) in [5.74, 6) is -0.988. The van der Waals surface area contributed by atoms with Gasteiger partial charge in [0, 0.05) is 37.7 Å². The number of alkyl carbamates (subject to hydrolysis) is 2. The number of amides is 4. The van der Waals surface area contributed by atoms with Gasteiger partial charge in [-0.15, -0.1) is 0 Å². The van der Waals surface area contributed by atoms with Gasteiger partial charge in [-0.25, -0.2) is 14.6 Å². The molecule has 0 aliphatic heterocycles. The average Bonchev–Trinajstić information content (AvgIpc) is 3.76. The molecule has 6 rings (SSSR count). The fourth-order valence-corrected chi connectivity index (χ4v) is 7.59. The summed E-state index contributed by atoms with van der Waals surface area (Å²) < 4.78 is 13.1.